The van der Waals surface area contributed by atoms with Gasteiger partial charge < -0.3 is 14.5 Å². The zero-order chi connectivity index (χ0) is 26.2. The number of amides is 1. The number of ether oxygens (including phenoxy) is 1. The van der Waals surface area contributed by atoms with E-state index < -0.39 is 0 Å². The number of fused-ring (bicyclic) bond motifs is 1. The monoisotopic (exact) mass is 508 g/mol. The first-order valence-electron chi connectivity index (χ1n) is 13.5. The number of pyridine rings is 3. The van der Waals surface area contributed by atoms with Gasteiger partial charge in [0.2, 0.25) is 5.91 Å². The topological polar surface area (TPSA) is 95.2 Å². The number of methoxy groups -OCH3 is 1. The lowest BCUT2D eigenvalue weighted by Crippen LogP contribution is -2.56. The average Bonchev–Trinajstić information content (AvgIpc) is 3.88. The summed E-state index contributed by atoms with van der Waals surface area (Å²) in [5, 5.41) is 11.3. The van der Waals surface area contributed by atoms with E-state index in [0.717, 1.165) is 64.9 Å². The summed E-state index contributed by atoms with van der Waals surface area (Å²) in [6.45, 7) is 6.37. The summed E-state index contributed by atoms with van der Waals surface area (Å²) in [6, 6.07) is 8.61. The van der Waals surface area contributed by atoms with Gasteiger partial charge in [-0.3, -0.25) is 9.78 Å². The number of nitrogens with zero attached hydrogens (tertiary/aromatic N) is 6. The first-order valence-corrected chi connectivity index (χ1v) is 13.5. The Balaban J connectivity index is 1.40. The van der Waals surface area contributed by atoms with E-state index in [1.165, 1.54) is 0 Å². The van der Waals surface area contributed by atoms with Gasteiger partial charge in [-0.2, -0.15) is 5.26 Å². The fourth-order valence-electron chi connectivity index (χ4n) is 5.68. The summed E-state index contributed by atoms with van der Waals surface area (Å²) < 4.78 is 5.15. The third-order valence-electron chi connectivity index (χ3n) is 7.97. The summed E-state index contributed by atoms with van der Waals surface area (Å²) in [5.74, 6) is 1.80. The molecule has 1 amide bonds. The molecule has 2 saturated carbocycles. The molecule has 2 aliphatic carbocycles. The second kappa shape index (κ2) is 10.1. The van der Waals surface area contributed by atoms with Crippen LogP contribution in [0.1, 0.15) is 55.0 Å². The number of rotatable bonds is 8. The van der Waals surface area contributed by atoms with Gasteiger partial charge in [0, 0.05) is 49.8 Å². The zero-order valence-corrected chi connectivity index (χ0v) is 21.8. The van der Waals surface area contributed by atoms with Gasteiger partial charge in [0.25, 0.3) is 0 Å². The Kier molecular flexibility index (Phi) is 6.54. The number of nitriles is 1. The van der Waals surface area contributed by atoms with Gasteiger partial charge in [0.05, 0.1) is 47.7 Å². The van der Waals surface area contributed by atoms with Crippen molar-refractivity contribution in [1.82, 2.24) is 19.9 Å². The molecule has 0 radical (unpaired) electrons. The van der Waals surface area contributed by atoms with E-state index in [4.69, 9.17) is 9.72 Å². The number of hydrogen-bond acceptors (Lipinski definition) is 7. The van der Waals surface area contributed by atoms with Crippen molar-refractivity contribution >= 4 is 28.7 Å². The van der Waals surface area contributed by atoms with Crippen molar-refractivity contribution in [3.63, 3.8) is 0 Å². The molecular formula is C30H32N6O2. The van der Waals surface area contributed by atoms with Crippen LogP contribution in [0, 0.1) is 17.2 Å². The minimum Gasteiger partial charge on any atom is -0.384 e. The molecule has 8 heteroatoms. The SMILES string of the molecule is C=Cc1cc(-c2cc(C#N)c(N3CCN(C(=O)CCOC)C(C4CC4)C3)nc2C2CC2)c2ccncc2n1. The largest absolute Gasteiger partial charge is 0.384 e. The molecule has 8 nitrogen and oxygen atoms in total. The van der Waals surface area contributed by atoms with Gasteiger partial charge in [-0.1, -0.05) is 6.58 Å². The van der Waals surface area contributed by atoms with Gasteiger partial charge in [0.1, 0.15) is 11.9 Å². The Hall–Kier alpha value is -3.83. The highest BCUT2D eigenvalue weighted by molar-refractivity contribution is 5.96. The molecule has 0 spiro atoms. The van der Waals surface area contributed by atoms with Crippen molar-refractivity contribution in [1.29, 1.82) is 5.26 Å². The predicted molar refractivity (Wildman–Crippen MR) is 146 cm³/mol. The molecule has 1 saturated heterocycles. The van der Waals surface area contributed by atoms with E-state index in [1.54, 1.807) is 25.6 Å². The van der Waals surface area contributed by atoms with Crippen molar-refractivity contribution < 1.29 is 9.53 Å². The third-order valence-corrected chi connectivity index (χ3v) is 7.97. The fraction of sp³-hybridized carbons (Fsp3) is 0.433. The van der Waals surface area contributed by atoms with Crippen molar-refractivity contribution in [3.8, 4) is 17.2 Å². The first-order chi connectivity index (χ1) is 18.6. The predicted octanol–water partition coefficient (Wildman–Crippen LogP) is 4.55. The lowest BCUT2D eigenvalue weighted by atomic mass is 9.95. The van der Waals surface area contributed by atoms with Crippen molar-refractivity contribution in [3.05, 3.63) is 54.1 Å². The smallest absolute Gasteiger partial charge is 0.225 e. The van der Waals surface area contributed by atoms with Crippen LogP contribution in [0.25, 0.3) is 28.1 Å². The summed E-state index contributed by atoms with van der Waals surface area (Å²) in [5.41, 5.74) is 5.17. The van der Waals surface area contributed by atoms with E-state index >= 15 is 0 Å². The molecule has 4 heterocycles. The molecule has 3 fully saturated rings. The van der Waals surface area contributed by atoms with Crippen molar-refractivity contribution in [2.75, 3.05) is 38.3 Å². The molecular weight excluding hydrogens is 476 g/mol. The molecule has 3 aliphatic rings. The lowest BCUT2D eigenvalue weighted by Gasteiger charge is -2.42. The molecule has 1 aliphatic heterocycles. The second-order valence-electron chi connectivity index (χ2n) is 10.6. The molecule has 3 aromatic rings. The summed E-state index contributed by atoms with van der Waals surface area (Å²) >= 11 is 0. The van der Waals surface area contributed by atoms with Crippen molar-refractivity contribution in [2.24, 2.45) is 5.92 Å². The van der Waals surface area contributed by atoms with Crippen LogP contribution in [0.4, 0.5) is 5.82 Å². The molecule has 0 aromatic carbocycles. The lowest BCUT2D eigenvalue weighted by molar-refractivity contribution is -0.135. The van der Waals surface area contributed by atoms with E-state index in [-0.39, 0.29) is 11.9 Å². The van der Waals surface area contributed by atoms with Crippen LogP contribution >= 0.6 is 0 Å². The standard InChI is InChI=1S/C30H32N6O2/c1-3-22-15-24(23-8-10-32-17-26(23)33-22)25-14-21(16-31)30(34-29(25)20-6-7-20)35-11-12-36(28(37)9-13-38-2)27(18-35)19-4-5-19/h3,8,10,14-15,17,19-20,27H,1,4-7,9,11-13,18H2,2H3. The Bertz CT molecular complexity index is 1440. The third kappa shape index (κ3) is 4.63. The van der Waals surface area contributed by atoms with Gasteiger partial charge >= 0.3 is 0 Å². The van der Waals surface area contributed by atoms with Crippen LogP contribution in [0.2, 0.25) is 0 Å². The van der Waals surface area contributed by atoms with E-state index in [1.807, 2.05) is 23.1 Å². The van der Waals surface area contributed by atoms with Gasteiger partial charge in [-0.15, -0.1) is 0 Å². The molecule has 3 aromatic heterocycles. The Morgan fingerprint density at radius 3 is 2.76 bits per heavy atom. The van der Waals surface area contributed by atoms with E-state index in [9.17, 15) is 10.1 Å². The van der Waals surface area contributed by atoms with Crippen LogP contribution in [-0.4, -0.2) is 65.2 Å². The van der Waals surface area contributed by atoms with Crippen molar-refractivity contribution in [2.45, 2.75) is 44.1 Å². The number of anilines is 1. The zero-order valence-electron chi connectivity index (χ0n) is 21.8. The maximum atomic E-state index is 12.9. The fourth-order valence-corrected chi connectivity index (χ4v) is 5.68. The highest BCUT2D eigenvalue weighted by atomic mass is 16.5. The maximum absolute atomic E-state index is 12.9. The minimum absolute atomic E-state index is 0.150. The molecule has 1 atom stereocenters. The van der Waals surface area contributed by atoms with Crippen LogP contribution in [0.3, 0.4) is 0 Å². The summed E-state index contributed by atoms with van der Waals surface area (Å²) in [6.07, 6.45) is 10.2. The van der Waals surface area contributed by atoms with Crippen LogP contribution in [0.5, 0.6) is 0 Å². The van der Waals surface area contributed by atoms with Crippen LogP contribution in [0.15, 0.2) is 37.2 Å². The number of piperazine rings is 1. The van der Waals surface area contributed by atoms with E-state index in [0.29, 0.717) is 50.1 Å². The summed E-state index contributed by atoms with van der Waals surface area (Å²) in [4.78, 5) is 31.3. The molecule has 38 heavy (non-hydrogen) atoms. The average molecular weight is 509 g/mol. The highest BCUT2D eigenvalue weighted by Crippen LogP contribution is 2.46. The second-order valence-corrected chi connectivity index (χ2v) is 10.6. The molecule has 1 unspecified atom stereocenters. The number of hydrogen-bond donors (Lipinski definition) is 0. The Morgan fingerprint density at radius 1 is 1.21 bits per heavy atom. The van der Waals surface area contributed by atoms with Crippen LogP contribution < -0.4 is 4.90 Å². The number of aromatic nitrogens is 3. The first kappa shape index (κ1) is 24.5. The number of carbonyl (C=O) groups excluding carboxylic acids is 1. The van der Waals surface area contributed by atoms with Gasteiger partial charge in [-0.25, -0.2) is 9.97 Å². The summed E-state index contributed by atoms with van der Waals surface area (Å²) in [7, 11) is 1.63. The quantitative estimate of drug-likeness (QED) is 0.441. The maximum Gasteiger partial charge on any atom is 0.225 e. The number of carbonyl (C=O) groups is 1. The van der Waals surface area contributed by atoms with E-state index in [2.05, 4.69) is 27.5 Å². The molecule has 6 rings (SSSR count). The van der Waals surface area contributed by atoms with Gasteiger partial charge in [0.15, 0.2) is 0 Å². The molecule has 0 N–H and O–H groups in total. The Morgan fingerprint density at radius 2 is 2.05 bits per heavy atom. The van der Waals surface area contributed by atoms with Crippen LogP contribution in [-0.2, 0) is 9.53 Å². The Labute approximate surface area is 223 Å². The van der Waals surface area contributed by atoms with Gasteiger partial charge in [-0.05, 0) is 61.4 Å². The minimum atomic E-state index is 0.150. The highest BCUT2D eigenvalue weighted by Gasteiger charge is 2.41. The molecule has 194 valence electrons. The normalized spacial score (nSPS) is 19.4. The molecule has 0 bridgehead atoms.